The van der Waals surface area contributed by atoms with Crippen LogP contribution in [0.3, 0.4) is 0 Å². The first-order chi connectivity index (χ1) is 18.9. The van der Waals surface area contributed by atoms with Gasteiger partial charge in [-0.05, 0) is 72.4 Å². The van der Waals surface area contributed by atoms with Crippen molar-refractivity contribution >= 4 is 6.29 Å². The van der Waals surface area contributed by atoms with Gasteiger partial charge in [-0.2, -0.15) is 5.26 Å². The number of aldehydes is 1. The van der Waals surface area contributed by atoms with Gasteiger partial charge >= 0.3 is 0 Å². The zero-order valence-corrected chi connectivity index (χ0v) is 22.2. The summed E-state index contributed by atoms with van der Waals surface area (Å²) in [5.74, 6) is 4.29. The summed E-state index contributed by atoms with van der Waals surface area (Å²) >= 11 is 0. The van der Waals surface area contributed by atoms with Gasteiger partial charge in [0.15, 0.2) is 6.29 Å². The van der Waals surface area contributed by atoms with E-state index in [2.05, 4.69) is 36.0 Å². The number of aryl methyl sites for hydroxylation is 1. The van der Waals surface area contributed by atoms with E-state index in [-0.39, 0.29) is 13.2 Å². The van der Waals surface area contributed by atoms with Crippen LogP contribution in [0.5, 0.6) is 17.2 Å². The molecule has 3 aromatic carbocycles. The number of carbonyl (C=O) groups excluding carboxylic acids is 1. The topological polar surface area (TPSA) is 81.4 Å². The highest BCUT2D eigenvalue weighted by Gasteiger charge is 2.14. The van der Waals surface area contributed by atoms with Gasteiger partial charge in [0, 0.05) is 24.0 Å². The quantitative estimate of drug-likeness (QED) is 0.176. The molecule has 6 heteroatoms. The van der Waals surface area contributed by atoms with Crippen LogP contribution in [0.2, 0.25) is 0 Å². The van der Waals surface area contributed by atoms with Crippen molar-refractivity contribution in [2.75, 3.05) is 6.61 Å². The first kappa shape index (κ1) is 27.0. The maximum absolute atomic E-state index is 11.7. The lowest BCUT2D eigenvalue weighted by atomic mass is 9.93. The number of hydrogen-bond acceptors (Lipinski definition) is 6. The Balaban J connectivity index is 1.55. The number of nitriles is 1. The summed E-state index contributed by atoms with van der Waals surface area (Å²) in [6.07, 6.45) is 9.23. The minimum atomic E-state index is 0.163. The van der Waals surface area contributed by atoms with Crippen molar-refractivity contribution < 1.29 is 19.0 Å². The molecule has 0 aliphatic carbocycles. The Labute approximate surface area is 228 Å². The maximum Gasteiger partial charge on any atom is 0.153 e. The molecule has 0 saturated carbocycles. The van der Waals surface area contributed by atoms with Crippen molar-refractivity contribution in [1.82, 2.24) is 4.98 Å². The van der Waals surface area contributed by atoms with Crippen LogP contribution in [0.15, 0.2) is 67.0 Å². The van der Waals surface area contributed by atoms with Crippen LogP contribution in [0.4, 0.5) is 0 Å². The molecule has 0 aliphatic heterocycles. The van der Waals surface area contributed by atoms with Gasteiger partial charge in [0.05, 0.1) is 11.1 Å². The van der Waals surface area contributed by atoms with Gasteiger partial charge < -0.3 is 14.2 Å². The largest absolute Gasteiger partial charge is 0.488 e. The number of carbonyl (C=O) groups is 1. The summed E-state index contributed by atoms with van der Waals surface area (Å²) in [6.45, 7) is 6.70. The van der Waals surface area contributed by atoms with Crippen molar-refractivity contribution in [3.05, 3.63) is 106 Å². The van der Waals surface area contributed by atoms with Gasteiger partial charge in [-0.15, -0.1) is 6.42 Å². The Morgan fingerprint density at radius 1 is 0.872 bits per heavy atom. The van der Waals surface area contributed by atoms with Crippen LogP contribution in [-0.4, -0.2) is 17.9 Å². The highest BCUT2D eigenvalue weighted by molar-refractivity contribution is 5.80. The molecule has 0 atom stereocenters. The van der Waals surface area contributed by atoms with E-state index < -0.39 is 0 Å². The van der Waals surface area contributed by atoms with Crippen molar-refractivity contribution in [1.29, 1.82) is 5.26 Å². The molecule has 0 fully saturated rings. The molecule has 1 heterocycles. The average molecular weight is 517 g/mol. The predicted molar refractivity (Wildman–Crippen MR) is 150 cm³/mol. The Bertz CT molecular complexity index is 1590. The van der Waals surface area contributed by atoms with Crippen LogP contribution in [0.25, 0.3) is 11.1 Å². The normalized spacial score (nSPS) is 10.3. The third-order valence-electron chi connectivity index (χ3n) is 6.47. The number of pyridine rings is 1. The Hall–Kier alpha value is -5.07. The van der Waals surface area contributed by atoms with Crippen LogP contribution < -0.4 is 14.2 Å². The highest BCUT2D eigenvalue weighted by Crippen LogP contribution is 2.34. The second-order valence-electron chi connectivity index (χ2n) is 9.06. The lowest BCUT2D eigenvalue weighted by molar-refractivity contribution is 0.111. The minimum absolute atomic E-state index is 0.163. The summed E-state index contributed by atoms with van der Waals surface area (Å²) in [5.41, 5.74) is 7.72. The standard InChI is InChI=1S/C33H28N2O4/c1-5-12-37-31-11-7-10-30(24(31)4)29-9-6-8-27(23(29)3)21-39-32-15-33(28(19-36)13-22(32)2)38-20-26-14-25(16-34)17-35-18-26/h1,6-11,13-15,17-19H,12,20-21H2,2-4H3. The van der Waals surface area contributed by atoms with Gasteiger partial charge in [0.25, 0.3) is 0 Å². The molecule has 194 valence electrons. The van der Waals surface area contributed by atoms with Crippen molar-refractivity contribution in [2.45, 2.75) is 34.0 Å². The van der Waals surface area contributed by atoms with E-state index in [1.807, 2.05) is 38.1 Å². The first-order valence-corrected chi connectivity index (χ1v) is 12.4. The molecule has 4 aromatic rings. The second-order valence-corrected chi connectivity index (χ2v) is 9.06. The molecule has 0 saturated heterocycles. The third kappa shape index (κ3) is 6.26. The van der Waals surface area contributed by atoms with E-state index >= 15 is 0 Å². The molecule has 0 radical (unpaired) electrons. The molecular weight excluding hydrogens is 488 g/mol. The van der Waals surface area contributed by atoms with Gasteiger partial charge in [0.1, 0.15) is 43.1 Å². The zero-order chi connectivity index (χ0) is 27.8. The van der Waals surface area contributed by atoms with Crippen LogP contribution in [-0.2, 0) is 13.2 Å². The molecule has 1 aromatic heterocycles. The first-order valence-electron chi connectivity index (χ1n) is 12.4. The summed E-state index contributed by atoms with van der Waals surface area (Å²) < 4.78 is 17.9. The highest BCUT2D eigenvalue weighted by atomic mass is 16.5. The molecule has 4 rings (SSSR count). The molecule has 0 aliphatic rings. The van der Waals surface area contributed by atoms with Gasteiger partial charge in [-0.3, -0.25) is 9.78 Å². The molecule has 0 amide bonds. The van der Waals surface area contributed by atoms with E-state index in [0.717, 1.165) is 51.0 Å². The molecule has 6 nitrogen and oxygen atoms in total. The van der Waals surface area contributed by atoms with Crippen LogP contribution in [0.1, 0.15) is 43.7 Å². The predicted octanol–water partition coefficient (Wildman–Crippen LogP) is 6.53. The molecule has 39 heavy (non-hydrogen) atoms. The number of rotatable bonds is 10. The van der Waals surface area contributed by atoms with E-state index in [9.17, 15) is 4.79 Å². The fourth-order valence-electron chi connectivity index (χ4n) is 4.32. The summed E-state index contributed by atoms with van der Waals surface area (Å²) in [7, 11) is 0. The van der Waals surface area contributed by atoms with Gasteiger partial charge in [-0.1, -0.05) is 36.3 Å². The van der Waals surface area contributed by atoms with Crippen molar-refractivity contribution in [2.24, 2.45) is 0 Å². The Kier molecular flexibility index (Phi) is 8.61. The fraction of sp³-hybridized carbons (Fsp3) is 0.182. The van der Waals surface area contributed by atoms with E-state index in [4.69, 9.17) is 25.9 Å². The zero-order valence-electron chi connectivity index (χ0n) is 22.2. The van der Waals surface area contributed by atoms with Crippen LogP contribution in [0, 0.1) is 44.4 Å². The van der Waals surface area contributed by atoms with Crippen molar-refractivity contribution in [3.8, 4) is 46.8 Å². The summed E-state index contributed by atoms with van der Waals surface area (Å²) in [4.78, 5) is 15.8. The Morgan fingerprint density at radius 3 is 2.36 bits per heavy atom. The summed E-state index contributed by atoms with van der Waals surface area (Å²) in [5, 5.41) is 9.10. The smallest absolute Gasteiger partial charge is 0.153 e. The number of ether oxygens (including phenoxy) is 3. The lowest BCUT2D eigenvalue weighted by Gasteiger charge is -2.17. The summed E-state index contributed by atoms with van der Waals surface area (Å²) in [6, 6.07) is 19.3. The number of aromatic nitrogens is 1. The molecule has 0 N–H and O–H groups in total. The number of hydrogen-bond donors (Lipinski definition) is 0. The third-order valence-corrected chi connectivity index (χ3v) is 6.47. The SMILES string of the molecule is C#CCOc1cccc(-c2cccc(COc3cc(OCc4cncc(C#N)c4)c(C=O)cc3C)c2C)c1C. The Morgan fingerprint density at radius 2 is 1.62 bits per heavy atom. The van der Waals surface area contributed by atoms with Crippen molar-refractivity contribution in [3.63, 3.8) is 0 Å². The number of nitrogens with zero attached hydrogens (tertiary/aromatic N) is 2. The minimum Gasteiger partial charge on any atom is -0.488 e. The van der Waals surface area contributed by atoms with Gasteiger partial charge in [-0.25, -0.2) is 0 Å². The van der Waals surface area contributed by atoms with Crippen LogP contribution >= 0.6 is 0 Å². The average Bonchev–Trinajstić information content (AvgIpc) is 2.96. The fourth-order valence-corrected chi connectivity index (χ4v) is 4.32. The molecule has 0 spiro atoms. The lowest BCUT2D eigenvalue weighted by Crippen LogP contribution is -2.04. The second kappa shape index (κ2) is 12.4. The van der Waals surface area contributed by atoms with E-state index in [0.29, 0.717) is 29.2 Å². The monoisotopic (exact) mass is 516 g/mol. The maximum atomic E-state index is 11.7. The molecular formula is C33H28N2O4. The van der Waals surface area contributed by atoms with Gasteiger partial charge in [0.2, 0.25) is 0 Å². The molecule has 0 unspecified atom stereocenters. The van der Waals surface area contributed by atoms with E-state index in [1.54, 1.807) is 24.4 Å². The number of benzene rings is 3. The molecule has 0 bridgehead atoms. The number of terminal acetylenes is 1. The van der Waals surface area contributed by atoms with E-state index in [1.165, 1.54) is 6.20 Å².